The number of ether oxygens (including phenoxy) is 1. The summed E-state index contributed by atoms with van der Waals surface area (Å²) in [5.74, 6) is -0.245. The Bertz CT molecular complexity index is 430. The number of benzene rings is 1. The SMILES string of the molecule is CCOC(=O)c1ccc(N2C[C@@H]3NCC32)cc1. The first kappa shape index (κ1) is 10.6. The summed E-state index contributed by atoms with van der Waals surface area (Å²) in [7, 11) is 0. The zero-order valence-electron chi connectivity index (χ0n) is 9.85. The summed E-state index contributed by atoms with van der Waals surface area (Å²) in [6, 6.07) is 9.02. The van der Waals surface area contributed by atoms with E-state index in [0.717, 1.165) is 13.1 Å². The van der Waals surface area contributed by atoms with Gasteiger partial charge in [0.05, 0.1) is 18.2 Å². The summed E-state index contributed by atoms with van der Waals surface area (Å²) in [5, 5.41) is 3.38. The Morgan fingerprint density at radius 1 is 1.47 bits per heavy atom. The second kappa shape index (κ2) is 4.04. The molecule has 4 nitrogen and oxygen atoms in total. The fourth-order valence-corrected chi connectivity index (χ4v) is 2.41. The lowest BCUT2D eigenvalue weighted by Crippen LogP contribution is -2.78. The molecule has 0 bridgehead atoms. The molecule has 17 heavy (non-hydrogen) atoms. The van der Waals surface area contributed by atoms with Crippen LogP contribution < -0.4 is 10.2 Å². The molecule has 2 atom stereocenters. The third kappa shape index (κ3) is 1.69. The highest BCUT2D eigenvalue weighted by molar-refractivity contribution is 5.89. The standard InChI is InChI=1S/C13H16N2O2/c1-2-17-13(16)9-3-5-10(6-4-9)15-8-11-12(15)7-14-11/h3-6,11-12,14H,2,7-8H2,1H3/t11-,12?/m0/s1. The molecule has 4 heteroatoms. The Morgan fingerprint density at radius 3 is 2.71 bits per heavy atom. The van der Waals surface area contributed by atoms with Crippen molar-refractivity contribution in [3.63, 3.8) is 0 Å². The van der Waals surface area contributed by atoms with E-state index >= 15 is 0 Å². The summed E-state index contributed by atoms with van der Waals surface area (Å²) < 4.78 is 4.96. The molecule has 0 aliphatic carbocycles. The van der Waals surface area contributed by atoms with Gasteiger partial charge in [-0.3, -0.25) is 0 Å². The second-order valence-electron chi connectivity index (χ2n) is 4.50. The van der Waals surface area contributed by atoms with Gasteiger partial charge in [0.15, 0.2) is 0 Å². The van der Waals surface area contributed by atoms with Crippen LogP contribution in [-0.2, 0) is 4.74 Å². The van der Waals surface area contributed by atoms with Crippen molar-refractivity contribution in [3.05, 3.63) is 29.8 Å². The summed E-state index contributed by atoms with van der Waals surface area (Å²) in [5.41, 5.74) is 1.82. The van der Waals surface area contributed by atoms with Crippen LogP contribution in [0.25, 0.3) is 0 Å². The molecule has 1 unspecified atom stereocenters. The molecule has 1 aromatic rings. The number of carbonyl (C=O) groups excluding carboxylic acids is 1. The number of rotatable bonds is 3. The molecule has 0 aromatic heterocycles. The second-order valence-corrected chi connectivity index (χ2v) is 4.50. The van der Waals surface area contributed by atoms with Gasteiger partial charge in [-0.2, -0.15) is 0 Å². The minimum atomic E-state index is -0.245. The summed E-state index contributed by atoms with van der Waals surface area (Å²) >= 11 is 0. The topological polar surface area (TPSA) is 41.6 Å². The first-order valence-corrected chi connectivity index (χ1v) is 6.07. The number of hydrogen-bond acceptors (Lipinski definition) is 4. The maximum atomic E-state index is 11.5. The van der Waals surface area contributed by atoms with Gasteiger partial charge in [0.2, 0.25) is 0 Å². The number of nitrogens with one attached hydrogen (secondary N) is 1. The average molecular weight is 232 g/mol. The molecule has 2 heterocycles. The van der Waals surface area contributed by atoms with Crippen molar-refractivity contribution in [1.82, 2.24) is 5.32 Å². The summed E-state index contributed by atoms with van der Waals surface area (Å²) in [6.45, 7) is 4.38. The van der Waals surface area contributed by atoms with Crippen LogP contribution in [0.1, 0.15) is 17.3 Å². The summed E-state index contributed by atoms with van der Waals surface area (Å²) in [6.07, 6.45) is 0. The van der Waals surface area contributed by atoms with Crippen LogP contribution in [0.2, 0.25) is 0 Å². The van der Waals surface area contributed by atoms with E-state index in [2.05, 4.69) is 10.2 Å². The molecule has 90 valence electrons. The third-order valence-electron chi connectivity index (χ3n) is 3.56. The quantitative estimate of drug-likeness (QED) is 0.790. The van der Waals surface area contributed by atoms with Crippen LogP contribution in [0.4, 0.5) is 5.69 Å². The zero-order valence-corrected chi connectivity index (χ0v) is 9.85. The van der Waals surface area contributed by atoms with E-state index in [0.29, 0.717) is 24.3 Å². The van der Waals surface area contributed by atoms with Crippen LogP contribution in [0.5, 0.6) is 0 Å². The molecule has 2 saturated heterocycles. The lowest BCUT2D eigenvalue weighted by atomic mass is 9.88. The molecule has 3 rings (SSSR count). The van der Waals surface area contributed by atoms with Crippen molar-refractivity contribution in [2.24, 2.45) is 0 Å². The molecular formula is C13H16N2O2. The highest BCUT2D eigenvalue weighted by Crippen LogP contribution is 2.31. The molecule has 1 N–H and O–H groups in total. The number of fused-ring (bicyclic) bond motifs is 1. The first-order chi connectivity index (χ1) is 8.29. The smallest absolute Gasteiger partial charge is 0.338 e. The molecule has 2 aliphatic heterocycles. The van der Waals surface area contributed by atoms with E-state index in [-0.39, 0.29) is 5.97 Å². The molecule has 2 aliphatic rings. The maximum Gasteiger partial charge on any atom is 0.338 e. The number of carbonyl (C=O) groups is 1. The largest absolute Gasteiger partial charge is 0.462 e. The van der Waals surface area contributed by atoms with Gasteiger partial charge in [-0.15, -0.1) is 0 Å². The van der Waals surface area contributed by atoms with Crippen molar-refractivity contribution < 1.29 is 9.53 Å². The Hall–Kier alpha value is -1.55. The van der Waals surface area contributed by atoms with Crippen LogP contribution in [0, 0.1) is 0 Å². The minimum Gasteiger partial charge on any atom is -0.462 e. The lowest BCUT2D eigenvalue weighted by molar-refractivity contribution is 0.0526. The number of hydrogen-bond donors (Lipinski definition) is 1. The van der Waals surface area contributed by atoms with Gasteiger partial charge in [-0.1, -0.05) is 0 Å². The molecule has 0 amide bonds. The van der Waals surface area contributed by atoms with Gasteiger partial charge < -0.3 is 15.0 Å². The van der Waals surface area contributed by atoms with E-state index in [1.165, 1.54) is 5.69 Å². The average Bonchev–Trinajstić information content (AvgIpc) is 2.33. The van der Waals surface area contributed by atoms with Crippen molar-refractivity contribution >= 4 is 11.7 Å². The Balaban J connectivity index is 1.69. The third-order valence-corrected chi connectivity index (χ3v) is 3.56. The summed E-state index contributed by atoms with van der Waals surface area (Å²) in [4.78, 5) is 13.9. The Morgan fingerprint density at radius 2 is 2.24 bits per heavy atom. The monoisotopic (exact) mass is 232 g/mol. The van der Waals surface area contributed by atoms with Gasteiger partial charge in [0, 0.05) is 24.8 Å². The molecule has 1 aromatic carbocycles. The molecule has 0 radical (unpaired) electrons. The fraction of sp³-hybridized carbons (Fsp3) is 0.462. The number of piperazine rings is 1. The van der Waals surface area contributed by atoms with Crippen LogP contribution >= 0.6 is 0 Å². The Labute approximate surface area is 101 Å². The number of esters is 1. The molecular weight excluding hydrogens is 216 g/mol. The van der Waals surface area contributed by atoms with E-state index in [4.69, 9.17) is 4.74 Å². The number of anilines is 1. The predicted molar refractivity (Wildman–Crippen MR) is 65.3 cm³/mol. The maximum absolute atomic E-state index is 11.5. The van der Waals surface area contributed by atoms with Crippen LogP contribution in [0.15, 0.2) is 24.3 Å². The van der Waals surface area contributed by atoms with Crippen LogP contribution in [-0.4, -0.2) is 37.7 Å². The van der Waals surface area contributed by atoms with Gasteiger partial charge in [0.25, 0.3) is 0 Å². The van der Waals surface area contributed by atoms with Gasteiger partial charge >= 0.3 is 5.97 Å². The Kier molecular flexibility index (Phi) is 2.52. The van der Waals surface area contributed by atoms with Gasteiger partial charge in [0.1, 0.15) is 0 Å². The van der Waals surface area contributed by atoms with Crippen molar-refractivity contribution in [3.8, 4) is 0 Å². The van der Waals surface area contributed by atoms with Crippen molar-refractivity contribution in [1.29, 1.82) is 0 Å². The highest BCUT2D eigenvalue weighted by atomic mass is 16.5. The van der Waals surface area contributed by atoms with E-state index < -0.39 is 0 Å². The van der Waals surface area contributed by atoms with Gasteiger partial charge in [-0.05, 0) is 31.2 Å². The van der Waals surface area contributed by atoms with E-state index in [1.54, 1.807) is 0 Å². The normalized spacial score (nSPS) is 25.6. The minimum absolute atomic E-state index is 0.245. The van der Waals surface area contributed by atoms with E-state index in [9.17, 15) is 4.79 Å². The molecule has 0 saturated carbocycles. The first-order valence-electron chi connectivity index (χ1n) is 6.07. The molecule has 0 spiro atoms. The number of nitrogens with zero attached hydrogens (tertiary/aromatic N) is 1. The fourth-order valence-electron chi connectivity index (χ4n) is 2.41. The van der Waals surface area contributed by atoms with Gasteiger partial charge in [-0.25, -0.2) is 4.79 Å². The van der Waals surface area contributed by atoms with Crippen molar-refractivity contribution in [2.45, 2.75) is 19.0 Å². The van der Waals surface area contributed by atoms with E-state index in [1.807, 2.05) is 31.2 Å². The lowest BCUT2D eigenvalue weighted by Gasteiger charge is -2.57. The highest BCUT2D eigenvalue weighted by Gasteiger charge is 2.45. The molecule has 2 fully saturated rings. The predicted octanol–water partition coefficient (Wildman–Crippen LogP) is 1.02. The van der Waals surface area contributed by atoms with Crippen LogP contribution in [0.3, 0.4) is 0 Å². The van der Waals surface area contributed by atoms with Crippen molar-refractivity contribution in [2.75, 3.05) is 24.6 Å². The zero-order chi connectivity index (χ0) is 11.8.